The summed E-state index contributed by atoms with van der Waals surface area (Å²) in [4.78, 5) is 16.5. The second-order valence-electron chi connectivity index (χ2n) is 6.59. The molecule has 0 radical (unpaired) electrons. The maximum absolute atomic E-state index is 12.3. The maximum Gasteiger partial charge on any atom is 0.239 e. The Balaban J connectivity index is 1.92. The first-order valence-electron chi connectivity index (χ1n) is 8.43. The van der Waals surface area contributed by atoms with Crippen molar-refractivity contribution < 1.29 is 14.3 Å². The van der Waals surface area contributed by atoms with E-state index in [1.165, 1.54) is 0 Å². The highest BCUT2D eigenvalue weighted by molar-refractivity contribution is 5.82. The van der Waals surface area contributed by atoms with E-state index in [4.69, 9.17) is 15.2 Å². The highest BCUT2D eigenvalue weighted by Gasteiger charge is 2.26. The first kappa shape index (κ1) is 18.5. The van der Waals surface area contributed by atoms with Gasteiger partial charge in [-0.15, -0.1) is 0 Å². The van der Waals surface area contributed by atoms with Crippen LogP contribution in [-0.4, -0.2) is 62.1 Å². The van der Waals surface area contributed by atoms with Gasteiger partial charge in [0.05, 0.1) is 20.3 Å². The number of carbonyl (C=O) groups is 1. The maximum atomic E-state index is 12.3. The van der Waals surface area contributed by atoms with Crippen LogP contribution in [0.25, 0.3) is 0 Å². The van der Waals surface area contributed by atoms with Gasteiger partial charge in [0.25, 0.3) is 0 Å². The molecule has 1 aromatic rings. The van der Waals surface area contributed by atoms with Crippen LogP contribution >= 0.6 is 0 Å². The highest BCUT2D eigenvalue weighted by atomic mass is 16.5. The summed E-state index contributed by atoms with van der Waals surface area (Å²) in [6.45, 7) is 7.91. The second-order valence-corrected chi connectivity index (χ2v) is 6.59. The third-order valence-corrected chi connectivity index (χ3v) is 4.50. The molecule has 1 saturated heterocycles. The third kappa shape index (κ3) is 4.61. The fourth-order valence-corrected chi connectivity index (χ4v) is 2.84. The van der Waals surface area contributed by atoms with Crippen molar-refractivity contribution in [1.82, 2.24) is 9.80 Å². The number of ether oxygens (including phenoxy) is 2. The first-order valence-corrected chi connectivity index (χ1v) is 8.43. The average molecular weight is 335 g/mol. The molecule has 1 aliphatic heterocycles. The molecule has 24 heavy (non-hydrogen) atoms. The zero-order chi connectivity index (χ0) is 17.7. The number of nitrogens with two attached hydrogens (primary N) is 1. The number of nitrogens with zero attached hydrogens (tertiary/aromatic N) is 2. The zero-order valence-corrected chi connectivity index (χ0v) is 15.1. The van der Waals surface area contributed by atoms with Crippen LogP contribution in [0.5, 0.6) is 11.5 Å². The van der Waals surface area contributed by atoms with E-state index in [-0.39, 0.29) is 11.8 Å². The van der Waals surface area contributed by atoms with Crippen LogP contribution in [0, 0.1) is 5.92 Å². The van der Waals surface area contributed by atoms with Gasteiger partial charge < -0.3 is 20.1 Å². The predicted octanol–water partition coefficient (Wildman–Crippen LogP) is 1.33. The Kier molecular flexibility index (Phi) is 6.45. The van der Waals surface area contributed by atoms with Crippen molar-refractivity contribution in [3.05, 3.63) is 23.8 Å². The normalized spacial score (nSPS) is 17.0. The van der Waals surface area contributed by atoms with Gasteiger partial charge in [0.1, 0.15) is 11.5 Å². The Labute approximate surface area is 144 Å². The molecule has 6 heteroatoms. The van der Waals surface area contributed by atoms with Crippen molar-refractivity contribution in [2.75, 3.05) is 40.4 Å². The number of hydrogen-bond acceptors (Lipinski definition) is 5. The molecule has 0 aliphatic carbocycles. The van der Waals surface area contributed by atoms with E-state index in [1.807, 2.05) is 36.9 Å². The number of rotatable bonds is 6. The van der Waals surface area contributed by atoms with Crippen LogP contribution < -0.4 is 15.2 Å². The van der Waals surface area contributed by atoms with Crippen LogP contribution in [0.4, 0.5) is 0 Å². The lowest BCUT2D eigenvalue weighted by atomic mass is 10.0. The molecule has 134 valence electrons. The van der Waals surface area contributed by atoms with Crippen molar-refractivity contribution in [3.8, 4) is 11.5 Å². The van der Waals surface area contributed by atoms with Crippen molar-refractivity contribution in [2.24, 2.45) is 11.7 Å². The molecule has 0 spiro atoms. The average Bonchev–Trinajstić information content (AvgIpc) is 2.60. The molecule has 1 fully saturated rings. The lowest BCUT2D eigenvalue weighted by Gasteiger charge is -2.36. The van der Waals surface area contributed by atoms with Crippen LogP contribution in [-0.2, 0) is 11.3 Å². The molecule has 1 amide bonds. The quantitative estimate of drug-likeness (QED) is 0.849. The minimum absolute atomic E-state index is 0.0627. The summed E-state index contributed by atoms with van der Waals surface area (Å²) in [6.07, 6.45) is 0. The molecular weight excluding hydrogens is 306 g/mol. The summed E-state index contributed by atoms with van der Waals surface area (Å²) in [5, 5.41) is 0. The number of methoxy groups -OCH3 is 2. The Bertz CT molecular complexity index is 532. The van der Waals surface area contributed by atoms with Gasteiger partial charge in [0.2, 0.25) is 5.91 Å². The minimum Gasteiger partial charge on any atom is -0.497 e. The van der Waals surface area contributed by atoms with Gasteiger partial charge in [-0.2, -0.15) is 0 Å². The van der Waals surface area contributed by atoms with Gasteiger partial charge in [-0.1, -0.05) is 13.8 Å². The summed E-state index contributed by atoms with van der Waals surface area (Å²) in [5.74, 6) is 1.81. The van der Waals surface area contributed by atoms with E-state index >= 15 is 0 Å². The molecule has 0 unspecified atom stereocenters. The SMILES string of the molecule is COc1cc(CN2CCN(C(=O)[C@@H](N)C(C)C)CC2)cc(OC)c1. The molecule has 2 rings (SSSR count). The van der Waals surface area contributed by atoms with E-state index < -0.39 is 6.04 Å². The van der Waals surface area contributed by atoms with Crippen molar-refractivity contribution in [1.29, 1.82) is 0 Å². The van der Waals surface area contributed by atoms with Gasteiger partial charge in [-0.25, -0.2) is 0 Å². The van der Waals surface area contributed by atoms with Gasteiger partial charge in [0.15, 0.2) is 0 Å². The summed E-state index contributed by atoms with van der Waals surface area (Å²) in [5.41, 5.74) is 7.12. The minimum atomic E-state index is -0.404. The van der Waals surface area contributed by atoms with E-state index in [2.05, 4.69) is 4.90 Å². The van der Waals surface area contributed by atoms with Crippen LogP contribution in [0.15, 0.2) is 18.2 Å². The molecule has 0 bridgehead atoms. The van der Waals surface area contributed by atoms with E-state index in [1.54, 1.807) is 14.2 Å². The molecular formula is C18H29N3O3. The van der Waals surface area contributed by atoms with E-state index in [9.17, 15) is 4.79 Å². The van der Waals surface area contributed by atoms with Crippen molar-refractivity contribution in [3.63, 3.8) is 0 Å². The van der Waals surface area contributed by atoms with Gasteiger partial charge in [-0.3, -0.25) is 9.69 Å². The van der Waals surface area contributed by atoms with Crippen molar-refractivity contribution in [2.45, 2.75) is 26.4 Å². The summed E-state index contributed by atoms with van der Waals surface area (Å²) >= 11 is 0. The molecule has 0 saturated carbocycles. The number of carbonyl (C=O) groups excluding carboxylic acids is 1. The number of amides is 1. The van der Waals surface area contributed by atoms with Gasteiger partial charge in [0, 0.05) is 38.8 Å². The van der Waals surface area contributed by atoms with Crippen LogP contribution in [0.1, 0.15) is 19.4 Å². The third-order valence-electron chi connectivity index (χ3n) is 4.50. The van der Waals surface area contributed by atoms with E-state index in [0.29, 0.717) is 0 Å². The zero-order valence-electron chi connectivity index (χ0n) is 15.1. The number of piperazine rings is 1. The Hall–Kier alpha value is -1.79. The van der Waals surface area contributed by atoms with Crippen LogP contribution in [0.3, 0.4) is 0 Å². The monoisotopic (exact) mass is 335 g/mol. The van der Waals surface area contributed by atoms with Gasteiger partial charge >= 0.3 is 0 Å². The predicted molar refractivity (Wildman–Crippen MR) is 94.2 cm³/mol. The molecule has 1 aliphatic rings. The smallest absolute Gasteiger partial charge is 0.239 e. The summed E-state index contributed by atoms with van der Waals surface area (Å²) in [6, 6.07) is 5.51. The Morgan fingerprint density at radius 1 is 1.08 bits per heavy atom. The standard InChI is InChI=1S/C18H29N3O3/c1-13(2)17(19)18(22)21-7-5-20(6-8-21)12-14-9-15(23-3)11-16(10-14)24-4/h9-11,13,17H,5-8,12,19H2,1-4H3/t17-/m0/s1. The first-order chi connectivity index (χ1) is 11.4. The number of hydrogen-bond donors (Lipinski definition) is 1. The number of benzene rings is 1. The second kappa shape index (κ2) is 8.35. The van der Waals surface area contributed by atoms with Gasteiger partial charge in [-0.05, 0) is 23.6 Å². The molecule has 0 aromatic heterocycles. The van der Waals surface area contributed by atoms with Crippen molar-refractivity contribution >= 4 is 5.91 Å². The molecule has 1 atom stereocenters. The largest absolute Gasteiger partial charge is 0.497 e. The topological polar surface area (TPSA) is 68.0 Å². The van der Waals surface area contributed by atoms with Crippen LogP contribution in [0.2, 0.25) is 0 Å². The summed E-state index contributed by atoms with van der Waals surface area (Å²) in [7, 11) is 3.31. The Morgan fingerprint density at radius 3 is 2.08 bits per heavy atom. The fraction of sp³-hybridized carbons (Fsp3) is 0.611. The molecule has 6 nitrogen and oxygen atoms in total. The Morgan fingerprint density at radius 2 is 1.62 bits per heavy atom. The fourth-order valence-electron chi connectivity index (χ4n) is 2.84. The lowest BCUT2D eigenvalue weighted by Crippen LogP contribution is -2.54. The lowest BCUT2D eigenvalue weighted by molar-refractivity contribution is -0.135. The molecule has 1 aromatic carbocycles. The molecule has 2 N–H and O–H groups in total. The highest BCUT2D eigenvalue weighted by Crippen LogP contribution is 2.23. The summed E-state index contributed by atoms with van der Waals surface area (Å²) < 4.78 is 10.6. The van der Waals surface area contributed by atoms with E-state index in [0.717, 1.165) is 49.8 Å². The molecule has 1 heterocycles.